The Morgan fingerprint density at radius 1 is 1.08 bits per heavy atom. The first-order chi connectivity index (χ1) is 23.9. The van der Waals surface area contributed by atoms with Crippen LogP contribution in [0.4, 0.5) is 23.2 Å². The summed E-state index contributed by atoms with van der Waals surface area (Å²) in [6.45, 7) is 8.02. The summed E-state index contributed by atoms with van der Waals surface area (Å²) in [7, 11) is -4.24. The van der Waals surface area contributed by atoms with Gasteiger partial charge < -0.3 is 20.1 Å². The van der Waals surface area contributed by atoms with Crippen LogP contribution >= 0.6 is 0 Å². The number of carbonyl (C=O) groups is 2. The first kappa shape index (κ1) is 38.6. The topological polar surface area (TPSA) is 195 Å². The molecule has 0 radical (unpaired) electrons. The maximum absolute atomic E-state index is 14.1. The number of Topliss-reactive ketones (excluding diaryl/α,β-unsaturated/α-hetero) is 1. The second-order valence-corrected chi connectivity index (χ2v) is 13.8. The van der Waals surface area contributed by atoms with Crippen molar-refractivity contribution >= 4 is 33.4 Å². The minimum Gasteiger partial charge on any atom is -0.479 e. The molecule has 4 rings (SSSR count). The lowest BCUT2D eigenvalue weighted by Crippen LogP contribution is -2.44. The Hall–Kier alpha value is -5.19. The molecule has 1 aliphatic rings. The van der Waals surface area contributed by atoms with Gasteiger partial charge in [-0.25, -0.2) is 21.9 Å². The number of hydrogen-bond donors (Lipinski definition) is 4. The number of sulfonamides is 1. The molecule has 0 aromatic heterocycles. The summed E-state index contributed by atoms with van der Waals surface area (Å²) >= 11 is 0. The third-order valence-corrected chi connectivity index (χ3v) is 10.0. The van der Waals surface area contributed by atoms with Gasteiger partial charge in [-0.05, 0) is 92.9 Å². The summed E-state index contributed by atoms with van der Waals surface area (Å²) in [5.74, 6) is -11.0. The number of benzene rings is 3. The molecule has 4 N–H and O–H groups in total. The van der Waals surface area contributed by atoms with E-state index in [0.29, 0.717) is 11.1 Å². The van der Waals surface area contributed by atoms with Gasteiger partial charge in [0.05, 0.1) is 23.1 Å². The number of ether oxygens (including phenoxy) is 2. The molecule has 272 valence electrons. The molecule has 3 aromatic carbocycles. The summed E-state index contributed by atoms with van der Waals surface area (Å²) in [4.78, 5) is 28.8. The molecule has 0 fully saturated rings. The molecule has 1 amide bonds. The van der Waals surface area contributed by atoms with Gasteiger partial charge in [0.1, 0.15) is 6.61 Å². The number of nitrogens with one attached hydrogen (secondary N) is 4. The molecule has 0 bridgehead atoms. The Labute approximate surface area is 290 Å². The summed E-state index contributed by atoms with van der Waals surface area (Å²) < 4.78 is 95.4. The van der Waals surface area contributed by atoms with Gasteiger partial charge in [-0.2, -0.15) is 8.78 Å². The van der Waals surface area contributed by atoms with Gasteiger partial charge in [0.25, 0.3) is 15.9 Å². The monoisotopic (exact) mass is 733 g/mol. The summed E-state index contributed by atoms with van der Waals surface area (Å²) in [6, 6.07) is 4.01. The van der Waals surface area contributed by atoms with Crippen molar-refractivity contribution in [3.63, 3.8) is 0 Å². The molecule has 1 unspecified atom stereocenters. The van der Waals surface area contributed by atoms with Crippen molar-refractivity contribution in [2.75, 3.05) is 13.2 Å². The van der Waals surface area contributed by atoms with Gasteiger partial charge in [-0.3, -0.25) is 15.0 Å². The molecule has 18 heteroatoms. The van der Waals surface area contributed by atoms with Crippen LogP contribution < -0.4 is 20.1 Å². The molecule has 0 aliphatic carbocycles. The van der Waals surface area contributed by atoms with Gasteiger partial charge in [-0.1, -0.05) is 17.2 Å². The standard InChI is InChI=1S/C33H35F4N7O6S/c1-16-17(2)30(18(3)21-14-50-33(4,5)26(16)21)51(47,48)43-32(38)40-11-7-10-24(41-31(46)19-8-6-9-20(12-19)42-44-39)25(45)15-49-29-27(36)22(34)13-23(35)28(29)37/h6,8-9,12-13,24H,7,10-11,14-15H2,1-5H3,(H,41,46)(H3,38,40,43). The molecule has 1 atom stereocenters. The number of amides is 1. The van der Waals surface area contributed by atoms with Gasteiger partial charge in [0, 0.05) is 28.8 Å². The predicted molar refractivity (Wildman–Crippen MR) is 177 cm³/mol. The Morgan fingerprint density at radius 3 is 2.39 bits per heavy atom. The molecule has 13 nitrogen and oxygen atoms in total. The van der Waals surface area contributed by atoms with E-state index in [4.69, 9.17) is 20.4 Å². The Balaban J connectivity index is 1.45. The number of nitrogens with zero attached hydrogens (tertiary/aromatic N) is 3. The first-order valence-electron chi connectivity index (χ1n) is 15.5. The molecule has 51 heavy (non-hydrogen) atoms. The van der Waals surface area contributed by atoms with Crippen molar-refractivity contribution in [3.05, 3.63) is 97.4 Å². The number of hydrogen-bond acceptors (Lipinski definition) is 8. The normalized spacial score (nSPS) is 13.8. The molecule has 1 heterocycles. The minimum absolute atomic E-state index is 0.0141. The van der Waals surface area contributed by atoms with Crippen LogP contribution in [0.15, 0.2) is 40.3 Å². The van der Waals surface area contributed by atoms with E-state index >= 15 is 0 Å². The van der Waals surface area contributed by atoms with E-state index in [2.05, 4.69) is 25.4 Å². The van der Waals surface area contributed by atoms with E-state index < -0.39 is 74.9 Å². The second-order valence-electron chi connectivity index (χ2n) is 12.2. The largest absolute Gasteiger partial charge is 0.479 e. The number of fused-ring (bicyclic) bond motifs is 1. The number of ketones is 1. The lowest BCUT2D eigenvalue weighted by Gasteiger charge is -2.24. The van der Waals surface area contributed by atoms with Crippen molar-refractivity contribution < 1.29 is 45.0 Å². The minimum atomic E-state index is -4.24. The maximum Gasteiger partial charge on any atom is 0.264 e. The number of carbonyl (C=O) groups excluding carboxylic acids is 2. The lowest BCUT2D eigenvalue weighted by atomic mass is 9.87. The van der Waals surface area contributed by atoms with E-state index in [1.165, 1.54) is 24.3 Å². The fraction of sp³-hybridized carbons (Fsp3) is 0.364. The zero-order chi connectivity index (χ0) is 37.8. The quantitative estimate of drug-likeness (QED) is 0.0245. The number of halogens is 4. The average molecular weight is 734 g/mol. The smallest absolute Gasteiger partial charge is 0.264 e. The maximum atomic E-state index is 14.1. The van der Waals surface area contributed by atoms with Gasteiger partial charge in [0.15, 0.2) is 23.2 Å². The van der Waals surface area contributed by atoms with E-state index in [0.717, 1.165) is 16.7 Å². The van der Waals surface area contributed by atoms with Gasteiger partial charge in [0.2, 0.25) is 17.6 Å². The van der Waals surface area contributed by atoms with Crippen LogP contribution in [0.25, 0.3) is 10.4 Å². The summed E-state index contributed by atoms with van der Waals surface area (Å²) in [6.07, 6.45) is -0.142. The van der Waals surface area contributed by atoms with Crippen molar-refractivity contribution in [1.29, 1.82) is 5.41 Å². The average Bonchev–Trinajstić information content (AvgIpc) is 3.39. The Bertz CT molecular complexity index is 2040. The third kappa shape index (κ3) is 8.41. The highest BCUT2D eigenvalue weighted by Crippen LogP contribution is 2.43. The van der Waals surface area contributed by atoms with Gasteiger partial charge in [-0.15, -0.1) is 0 Å². The number of azide groups is 1. The lowest BCUT2D eigenvalue weighted by molar-refractivity contribution is -0.123. The van der Waals surface area contributed by atoms with Crippen molar-refractivity contribution in [2.24, 2.45) is 5.11 Å². The molecule has 1 aliphatic heterocycles. The van der Waals surface area contributed by atoms with E-state index in [1.807, 2.05) is 20.8 Å². The van der Waals surface area contributed by atoms with E-state index in [9.17, 15) is 35.6 Å². The van der Waals surface area contributed by atoms with Crippen LogP contribution in [0.2, 0.25) is 0 Å². The van der Waals surface area contributed by atoms with E-state index in [-0.39, 0.29) is 48.2 Å². The van der Waals surface area contributed by atoms with Crippen molar-refractivity contribution in [1.82, 2.24) is 15.4 Å². The third-order valence-electron chi connectivity index (χ3n) is 8.42. The molecule has 0 saturated carbocycles. The molecule has 0 saturated heterocycles. The molecule has 0 spiro atoms. The van der Waals surface area contributed by atoms with Crippen LogP contribution in [0, 0.1) is 49.4 Å². The molecular formula is C33H35F4N7O6S. The molecular weight excluding hydrogens is 698 g/mol. The Kier molecular flexibility index (Phi) is 11.6. The summed E-state index contributed by atoms with van der Waals surface area (Å²) in [5, 5.41) is 16.7. The SMILES string of the molecule is Cc1c(C)c(S(=O)(=O)NC(=N)NCCCC(NC(=O)c2cccc(N=[N+]=[N-])c2)C(=O)COc2c(F)c(F)cc(F)c2F)c(C)c2c1C(C)(C)OC2. The fourth-order valence-corrected chi connectivity index (χ4v) is 7.42. The predicted octanol–water partition coefficient (Wildman–Crippen LogP) is 5.90. The van der Waals surface area contributed by atoms with Crippen molar-refractivity contribution in [3.8, 4) is 5.75 Å². The second kappa shape index (κ2) is 15.4. The number of guanidine groups is 1. The zero-order valence-electron chi connectivity index (χ0n) is 28.2. The van der Waals surface area contributed by atoms with Crippen LogP contribution in [0.3, 0.4) is 0 Å². The van der Waals surface area contributed by atoms with E-state index in [1.54, 1.807) is 13.8 Å². The van der Waals surface area contributed by atoms with Gasteiger partial charge >= 0.3 is 0 Å². The first-order valence-corrected chi connectivity index (χ1v) is 16.9. The fourth-order valence-electron chi connectivity index (χ4n) is 5.89. The van der Waals surface area contributed by atoms with Crippen LogP contribution in [-0.2, 0) is 31.8 Å². The number of rotatable bonds is 13. The van der Waals surface area contributed by atoms with Crippen molar-refractivity contribution in [2.45, 2.75) is 70.6 Å². The van der Waals surface area contributed by atoms with Crippen LogP contribution in [-0.4, -0.2) is 45.3 Å². The van der Waals surface area contributed by atoms with Crippen LogP contribution in [0.5, 0.6) is 5.75 Å². The van der Waals surface area contributed by atoms with Crippen LogP contribution in [0.1, 0.15) is 64.9 Å². The highest BCUT2D eigenvalue weighted by atomic mass is 32.2. The molecule has 3 aromatic rings. The highest BCUT2D eigenvalue weighted by molar-refractivity contribution is 7.90. The summed E-state index contributed by atoms with van der Waals surface area (Å²) in [5.41, 5.74) is 11.6. The Morgan fingerprint density at radius 2 is 1.75 bits per heavy atom. The highest BCUT2D eigenvalue weighted by Gasteiger charge is 2.37. The zero-order valence-corrected chi connectivity index (χ0v) is 29.0.